The number of aryl methyl sites for hydroxylation is 1. The summed E-state index contributed by atoms with van der Waals surface area (Å²) < 4.78 is 10.5. The van der Waals surface area contributed by atoms with Crippen molar-refractivity contribution in [2.24, 2.45) is 0 Å². The maximum absolute atomic E-state index is 12.6. The van der Waals surface area contributed by atoms with E-state index < -0.39 is 10.8 Å². The van der Waals surface area contributed by atoms with E-state index in [2.05, 4.69) is 5.32 Å². The Morgan fingerprint density at radius 3 is 2.60 bits per heavy atom. The number of nitrogens with one attached hydrogen (secondary N) is 1. The van der Waals surface area contributed by atoms with Gasteiger partial charge in [0.2, 0.25) is 0 Å². The summed E-state index contributed by atoms with van der Waals surface area (Å²) in [5, 5.41) is 14.4. The van der Waals surface area contributed by atoms with Gasteiger partial charge in [-0.05, 0) is 31.5 Å². The minimum absolute atomic E-state index is 0.131. The number of carbonyl (C=O) groups excluding carboxylic acids is 1. The number of hydrogen-bond acceptors (Lipinski definition) is 5. The Bertz CT molecular complexity index is 823. The van der Waals surface area contributed by atoms with E-state index in [9.17, 15) is 14.9 Å². The summed E-state index contributed by atoms with van der Waals surface area (Å²) in [6, 6.07) is 7.48. The monoisotopic (exact) mass is 364 g/mol. The van der Waals surface area contributed by atoms with Gasteiger partial charge < -0.3 is 14.8 Å². The average molecular weight is 365 g/mol. The first-order valence-corrected chi connectivity index (χ1v) is 7.81. The molecule has 0 fully saturated rings. The number of hydrogen-bond donors (Lipinski definition) is 1. The van der Waals surface area contributed by atoms with Crippen LogP contribution in [0, 0.1) is 17.0 Å². The van der Waals surface area contributed by atoms with Crippen molar-refractivity contribution in [2.75, 3.05) is 19.0 Å². The van der Waals surface area contributed by atoms with Gasteiger partial charge in [0.05, 0.1) is 24.7 Å². The lowest BCUT2D eigenvalue weighted by Crippen LogP contribution is -2.15. The van der Waals surface area contributed by atoms with Crippen molar-refractivity contribution in [2.45, 2.75) is 13.8 Å². The summed E-state index contributed by atoms with van der Waals surface area (Å²) >= 11 is 5.94. The Hall–Kier alpha value is -2.80. The summed E-state index contributed by atoms with van der Waals surface area (Å²) in [5.74, 6) is -0.201. The summed E-state index contributed by atoms with van der Waals surface area (Å²) in [6.45, 7) is 3.87. The fraction of sp³-hybridized carbons (Fsp3) is 0.235. The number of nitrogens with zero attached hydrogens (tertiary/aromatic N) is 1. The SMILES string of the molecule is CCOc1cc(C(=O)Nc2cc(Cl)ccc2C)c([N+](=O)[O-])cc1OC. The van der Waals surface area contributed by atoms with E-state index in [1.165, 1.54) is 19.2 Å². The third-order valence-electron chi connectivity index (χ3n) is 3.47. The topological polar surface area (TPSA) is 90.7 Å². The lowest BCUT2D eigenvalue weighted by Gasteiger charge is -2.13. The van der Waals surface area contributed by atoms with Gasteiger partial charge in [0.1, 0.15) is 5.56 Å². The number of carbonyl (C=O) groups is 1. The van der Waals surface area contributed by atoms with Crippen molar-refractivity contribution in [1.82, 2.24) is 0 Å². The normalized spacial score (nSPS) is 10.2. The maximum atomic E-state index is 12.6. The van der Waals surface area contributed by atoms with Crippen molar-refractivity contribution in [3.05, 3.63) is 56.6 Å². The molecule has 8 heteroatoms. The molecule has 0 atom stereocenters. The fourth-order valence-corrected chi connectivity index (χ4v) is 2.40. The van der Waals surface area contributed by atoms with Gasteiger partial charge in [0, 0.05) is 16.8 Å². The molecule has 0 bridgehead atoms. The van der Waals surface area contributed by atoms with Crippen molar-refractivity contribution in [3.8, 4) is 11.5 Å². The minimum Gasteiger partial charge on any atom is -0.493 e. The first-order chi connectivity index (χ1) is 11.9. The number of ether oxygens (including phenoxy) is 2. The molecule has 0 aromatic heterocycles. The molecule has 0 unspecified atom stereocenters. The predicted molar refractivity (Wildman–Crippen MR) is 95.0 cm³/mol. The number of nitro groups is 1. The smallest absolute Gasteiger partial charge is 0.286 e. The van der Waals surface area contributed by atoms with Gasteiger partial charge in [0.15, 0.2) is 11.5 Å². The zero-order chi connectivity index (χ0) is 18.6. The third-order valence-corrected chi connectivity index (χ3v) is 3.71. The van der Waals surface area contributed by atoms with Crippen LogP contribution < -0.4 is 14.8 Å². The van der Waals surface area contributed by atoms with Gasteiger partial charge in [0.25, 0.3) is 11.6 Å². The molecule has 132 valence electrons. The van der Waals surface area contributed by atoms with Crippen LogP contribution in [0.1, 0.15) is 22.8 Å². The van der Waals surface area contributed by atoms with E-state index in [4.69, 9.17) is 21.1 Å². The summed E-state index contributed by atoms with van der Waals surface area (Å²) in [7, 11) is 1.37. The molecule has 7 nitrogen and oxygen atoms in total. The Morgan fingerprint density at radius 2 is 2.00 bits per heavy atom. The molecule has 0 aliphatic heterocycles. The molecule has 25 heavy (non-hydrogen) atoms. The number of nitro benzene ring substituents is 1. The van der Waals surface area contributed by atoms with Crippen LogP contribution in [0.2, 0.25) is 5.02 Å². The number of benzene rings is 2. The first-order valence-electron chi connectivity index (χ1n) is 7.44. The molecule has 1 amide bonds. The summed E-state index contributed by atoms with van der Waals surface area (Å²) in [5.41, 5.74) is 0.741. The fourth-order valence-electron chi connectivity index (χ4n) is 2.23. The molecule has 0 heterocycles. The van der Waals surface area contributed by atoms with Gasteiger partial charge in [-0.1, -0.05) is 17.7 Å². The molecule has 0 aliphatic carbocycles. The molecular formula is C17H17ClN2O5. The van der Waals surface area contributed by atoms with Crippen LogP contribution in [-0.4, -0.2) is 24.5 Å². The van der Waals surface area contributed by atoms with Gasteiger partial charge in [-0.15, -0.1) is 0 Å². The van der Waals surface area contributed by atoms with E-state index in [0.29, 0.717) is 17.3 Å². The Balaban J connectivity index is 2.48. The van der Waals surface area contributed by atoms with Crippen LogP contribution in [0.3, 0.4) is 0 Å². The molecular weight excluding hydrogens is 348 g/mol. The molecule has 2 aromatic carbocycles. The third kappa shape index (κ3) is 4.19. The highest BCUT2D eigenvalue weighted by Crippen LogP contribution is 2.35. The highest BCUT2D eigenvalue weighted by atomic mass is 35.5. The Kier molecular flexibility index (Phi) is 5.82. The van der Waals surface area contributed by atoms with Gasteiger partial charge in [-0.3, -0.25) is 14.9 Å². The number of halogens is 1. The standard InChI is InChI=1S/C17H17ClN2O5/c1-4-25-16-8-12(14(20(22)23)9-15(16)24-3)17(21)19-13-7-11(18)6-5-10(13)2/h5-9H,4H2,1-3H3,(H,19,21). The second-order valence-electron chi connectivity index (χ2n) is 5.12. The van der Waals surface area contributed by atoms with Crippen molar-refractivity contribution in [1.29, 1.82) is 0 Å². The first kappa shape index (κ1) is 18.5. The predicted octanol–water partition coefficient (Wildman–Crippen LogP) is 4.22. The Labute approximate surface area is 149 Å². The van der Waals surface area contributed by atoms with E-state index in [0.717, 1.165) is 5.56 Å². The molecule has 2 rings (SSSR count). The Morgan fingerprint density at radius 1 is 1.28 bits per heavy atom. The van der Waals surface area contributed by atoms with E-state index in [1.54, 1.807) is 32.0 Å². The molecule has 0 radical (unpaired) electrons. The van der Waals surface area contributed by atoms with Crippen molar-refractivity contribution < 1.29 is 19.2 Å². The second kappa shape index (κ2) is 7.85. The largest absolute Gasteiger partial charge is 0.493 e. The number of rotatable bonds is 6. The number of anilines is 1. The van der Waals surface area contributed by atoms with Crippen LogP contribution in [-0.2, 0) is 0 Å². The molecule has 1 N–H and O–H groups in total. The summed E-state index contributed by atoms with van der Waals surface area (Å²) in [6.07, 6.45) is 0. The summed E-state index contributed by atoms with van der Waals surface area (Å²) in [4.78, 5) is 23.3. The molecule has 2 aromatic rings. The quantitative estimate of drug-likeness (QED) is 0.612. The lowest BCUT2D eigenvalue weighted by molar-refractivity contribution is -0.385. The minimum atomic E-state index is -0.641. The van der Waals surface area contributed by atoms with Crippen LogP contribution >= 0.6 is 11.6 Å². The van der Waals surface area contributed by atoms with Gasteiger partial charge >= 0.3 is 0 Å². The maximum Gasteiger partial charge on any atom is 0.286 e. The highest BCUT2D eigenvalue weighted by Gasteiger charge is 2.25. The second-order valence-corrected chi connectivity index (χ2v) is 5.56. The average Bonchev–Trinajstić information content (AvgIpc) is 2.57. The van der Waals surface area contributed by atoms with Gasteiger partial charge in [-0.2, -0.15) is 0 Å². The lowest BCUT2D eigenvalue weighted by atomic mass is 10.1. The molecule has 0 saturated carbocycles. The zero-order valence-corrected chi connectivity index (χ0v) is 14.7. The molecule has 0 saturated heterocycles. The van der Waals surface area contributed by atoms with Crippen LogP contribution in [0.4, 0.5) is 11.4 Å². The van der Waals surface area contributed by atoms with Gasteiger partial charge in [-0.25, -0.2) is 0 Å². The zero-order valence-electron chi connectivity index (χ0n) is 14.0. The van der Waals surface area contributed by atoms with Crippen molar-refractivity contribution >= 4 is 28.9 Å². The number of methoxy groups -OCH3 is 1. The number of amides is 1. The highest BCUT2D eigenvalue weighted by molar-refractivity contribution is 6.31. The van der Waals surface area contributed by atoms with Crippen LogP contribution in [0.15, 0.2) is 30.3 Å². The molecule has 0 aliphatic rings. The van der Waals surface area contributed by atoms with E-state index in [1.807, 2.05) is 0 Å². The van der Waals surface area contributed by atoms with E-state index >= 15 is 0 Å². The van der Waals surface area contributed by atoms with E-state index in [-0.39, 0.29) is 22.7 Å². The van der Waals surface area contributed by atoms with Crippen LogP contribution in [0.25, 0.3) is 0 Å². The molecule has 0 spiro atoms. The van der Waals surface area contributed by atoms with Crippen molar-refractivity contribution in [3.63, 3.8) is 0 Å². The van der Waals surface area contributed by atoms with Crippen LogP contribution in [0.5, 0.6) is 11.5 Å².